The van der Waals surface area contributed by atoms with Crippen LogP contribution in [0.4, 0.5) is 0 Å². The summed E-state index contributed by atoms with van der Waals surface area (Å²) in [4.78, 5) is 11.3. The molecule has 0 heterocycles. The van der Waals surface area contributed by atoms with Crippen molar-refractivity contribution < 1.29 is 19.4 Å². The van der Waals surface area contributed by atoms with Crippen LogP contribution in [0.15, 0.2) is 18.2 Å². The third-order valence-corrected chi connectivity index (χ3v) is 4.76. The SMILES string of the molecule is COc1cccc(C(=O)O)c1OCC1CC2CCC1C2. The highest BCUT2D eigenvalue weighted by Crippen LogP contribution is 2.48. The Labute approximate surface area is 118 Å². The van der Waals surface area contributed by atoms with Gasteiger partial charge in [0.1, 0.15) is 5.56 Å². The monoisotopic (exact) mass is 276 g/mol. The molecule has 4 nitrogen and oxygen atoms in total. The molecule has 3 atom stereocenters. The molecule has 1 aromatic rings. The summed E-state index contributed by atoms with van der Waals surface area (Å²) in [5.74, 6) is 2.08. The maximum Gasteiger partial charge on any atom is 0.339 e. The number of aromatic carboxylic acids is 1. The molecule has 0 radical (unpaired) electrons. The van der Waals surface area contributed by atoms with E-state index in [1.54, 1.807) is 18.2 Å². The number of hydrogen-bond acceptors (Lipinski definition) is 3. The van der Waals surface area contributed by atoms with E-state index in [4.69, 9.17) is 9.47 Å². The lowest BCUT2D eigenvalue weighted by Crippen LogP contribution is -2.19. The van der Waals surface area contributed by atoms with Gasteiger partial charge in [0.15, 0.2) is 11.5 Å². The zero-order chi connectivity index (χ0) is 14.1. The van der Waals surface area contributed by atoms with E-state index >= 15 is 0 Å². The first-order valence-electron chi connectivity index (χ1n) is 7.22. The van der Waals surface area contributed by atoms with Crippen molar-refractivity contribution in [3.63, 3.8) is 0 Å². The van der Waals surface area contributed by atoms with Gasteiger partial charge in [-0.15, -0.1) is 0 Å². The zero-order valence-corrected chi connectivity index (χ0v) is 11.7. The van der Waals surface area contributed by atoms with Crippen LogP contribution in [-0.4, -0.2) is 24.8 Å². The summed E-state index contributed by atoms with van der Waals surface area (Å²) in [6, 6.07) is 4.97. The van der Waals surface area contributed by atoms with Crippen molar-refractivity contribution in [1.82, 2.24) is 0 Å². The fourth-order valence-electron chi connectivity index (χ4n) is 3.76. The number of carbonyl (C=O) groups is 1. The molecule has 2 saturated carbocycles. The molecule has 0 saturated heterocycles. The van der Waals surface area contributed by atoms with Crippen molar-refractivity contribution in [3.8, 4) is 11.5 Å². The third-order valence-electron chi connectivity index (χ3n) is 4.76. The Morgan fingerprint density at radius 1 is 1.35 bits per heavy atom. The fraction of sp³-hybridized carbons (Fsp3) is 0.562. The van der Waals surface area contributed by atoms with Gasteiger partial charge >= 0.3 is 5.97 Å². The molecule has 4 heteroatoms. The largest absolute Gasteiger partial charge is 0.493 e. The summed E-state index contributed by atoms with van der Waals surface area (Å²) >= 11 is 0. The van der Waals surface area contributed by atoms with Gasteiger partial charge in [-0.1, -0.05) is 12.5 Å². The van der Waals surface area contributed by atoms with E-state index in [1.807, 2.05) is 0 Å². The van der Waals surface area contributed by atoms with Crippen LogP contribution < -0.4 is 9.47 Å². The normalized spacial score (nSPS) is 27.6. The van der Waals surface area contributed by atoms with Gasteiger partial charge < -0.3 is 14.6 Å². The van der Waals surface area contributed by atoms with Gasteiger partial charge in [-0.05, 0) is 49.1 Å². The number of benzene rings is 1. The van der Waals surface area contributed by atoms with E-state index in [1.165, 1.54) is 32.8 Å². The Morgan fingerprint density at radius 3 is 2.80 bits per heavy atom. The molecule has 1 N–H and O–H groups in total. The van der Waals surface area contributed by atoms with Crippen LogP contribution >= 0.6 is 0 Å². The molecule has 1 aromatic carbocycles. The highest BCUT2D eigenvalue weighted by atomic mass is 16.5. The molecule has 108 valence electrons. The maximum atomic E-state index is 11.3. The van der Waals surface area contributed by atoms with Gasteiger partial charge in [0.2, 0.25) is 0 Å². The summed E-state index contributed by atoms with van der Waals surface area (Å²) in [6.07, 6.45) is 5.21. The smallest absolute Gasteiger partial charge is 0.339 e. The van der Waals surface area contributed by atoms with Crippen LogP contribution in [0.1, 0.15) is 36.0 Å². The van der Waals surface area contributed by atoms with Crippen molar-refractivity contribution in [3.05, 3.63) is 23.8 Å². The molecule has 20 heavy (non-hydrogen) atoms. The van der Waals surface area contributed by atoms with Crippen molar-refractivity contribution >= 4 is 5.97 Å². The molecular weight excluding hydrogens is 256 g/mol. The predicted molar refractivity (Wildman–Crippen MR) is 74.4 cm³/mol. The molecule has 0 amide bonds. The number of methoxy groups -OCH3 is 1. The number of hydrogen-bond donors (Lipinski definition) is 1. The Hall–Kier alpha value is -1.71. The summed E-state index contributed by atoms with van der Waals surface area (Å²) in [7, 11) is 1.53. The molecule has 2 aliphatic carbocycles. The van der Waals surface area contributed by atoms with E-state index in [0.717, 1.165) is 11.8 Å². The standard InChI is InChI=1S/C16H20O4/c1-19-14-4-2-3-13(16(17)18)15(14)20-9-12-8-10-5-6-11(12)7-10/h2-4,10-12H,5-9H2,1H3,(H,17,18). The Bertz CT molecular complexity index is 511. The molecule has 3 unspecified atom stereocenters. The van der Waals surface area contributed by atoms with Crippen molar-refractivity contribution in [2.24, 2.45) is 17.8 Å². The summed E-state index contributed by atoms with van der Waals surface area (Å²) in [6.45, 7) is 0.599. The Balaban J connectivity index is 1.74. The van der Waals surface area contributed by atoms with Gasteiger partial charge in [-0.2, -0.15) is 0 Å². The number of rotatable bonds is 5. The summed E-state index contributed by atoms with van der Waals surface area (Å²) in [5.41, 5.74) is 0.174. The minimum atomic E-state index is -0.980. The molecule has 0 aliphatic heterocycles. The minimum absolute atomic E-state index is 0.174. The number of ether oxygens (including phenoxy) is 2. The van der Waals surface area contributed by atoms with Crippen molar-refractivity contribution in [2.45, 2.75) is 25.7 Å². The van der Waals surface area contributed by atoms with E-state index in [-0.39, 0.29) is 5.56 Å². The number of para-hydroxylation sites is 1. The Morgan fingerprint density at radius 2 is 2.20 bits per heavy atom. The highest BCUT2D eigenvalue weighted by Gasteiger charge is 2.39. The molecule has 3 rings (SSSR count). The zero-order valence-electron chi connectivity index (χ0n) is 11.7. The lowest BCUT2D eigenvalue weighted by Gasteiger charge is -2.22. The van der Waals surface area contributed by atoms with E-state index < -0.39 is 5.97 Å². The lowest BCUT2D eigenvalue weighted by molar-refractivity contribution is 0.0689. The third kappa shape index (κ3) is 2.35. The van der Waals surface area contributed by atoms with Crippen LogP contribution in [0.5, 0.6) is 11.5 Å². The Kier molecular flexibility index (Phi) is 3.55. The summed E-state index contributed by atoms with van der Waals surface area (Å²) in [5, 5.41) is 9.25. The van der Waals surface area contributed by atoms with E-state index in [2.05, 4.69) is 0 Å². The maximum absolute atomic E-state index is 11.3. The molecule has 0 spiro atoms. The van der Waals surface area contributed by atoms with Crippen LogP contribution in [0.25, 0.3) is 0 Å². The first kappa shape index (κ1) is 13.3. The van der Waals surface area contributed by atoms with Crippen LogP contribution in [-0.2, 0) is 0 Å². The average Bonchev–Trinajstić information content (AvgIpc) is 3.06. The highest BCUT2D eigenvalue weighted by molar-refractivity contribution is 5.92. The second kappa shape index (κ2) is 5.35. The number of carboxylic acids is 1. The van der Waals surface area contributed by atoms with Gasteiger partial charge in [0.05, 0.1) is 13.7 Å². The van der Waals surface area contributed by atoms with Gasteiger partial charge in [0.25, 0.3) is 0 Å². The van der Waals surface area contributed by atoms with Crippen LogP contribution in [0.3, 0.4) is 0 Å². The minimum Gasteiger partial charge on any atom is -0.493 e. The van der Waals surface area contributed by atoms with Crippen LogP contribution in [0, 0.1) is 17.8 Å². The van der Waals surface area contributed by atoms with Crippen molar-refractivity contribution in [2.75, 3.05) is 13.7 Å². The van der Waals surface area contributed by atoms with Gasteiger partial charge in [-0.25, -0.2) is 4.79 Å². The van der Waals surface area contributed by atoms with Gasteiger partial charge in [0, 0.05) is 0 Å². The first-order valence-corrected chi connectivity index (χ1v) is 7.22. The lowest BCUT2D eigenvalue weighted by atomic mass is 9.89. The summed E-state index contributed by atoms with van der Waals surface area (Å²) < 4.78 is 11.1. The second-order valence-electron chi connectivity index (χ2n) is 5.89. The van der Waals surface area contributed by atoms with Crippen LogP contribution in [0.2, 0.25) is 0 Å². The fourth-order valence-corrected chi connectivity index (χ4v) is 3.76. The number of fused-ring (bicyclic) bond motifs is 2. The molecule has 2 fully saturated rings. The predicted octanol–water partition coefficient (Wildman–Crippen LogP) is 3.21. The van der Waals surface area contributed by atoms with Gasteiger partial charge in [-0.3, -0.25) is 0 Å². The number of carboxylic acid groups (broad SMARTS) is 1. The second-order valence-corrected chi connectivity index (χ2v) is 5.89. The molecule has 2 aliphatic rings. The first-order chi connectivity index (χ1) is 9.69. The van der Waals surface area contributed by atoms with Crippen molar-refractivity contribution in [1.29, 1.82) is 0 Å². The molecular formula is C16H20O4. The van der Waals surface area contributed by atoms with E-state index in [0.29, 0.717) is 24.0 Å². The molecule has 0 aromatic heterocycles. The quantitative estimate of drug-likeness (QED) is 0.897. The molecule has 2 bridgehead atoms. The topological polar surface area (TPSA) is 55.8 Å². The van der Waals surface area contributed by atoms with E-state index in [9.17, 15) is 9.90 Å². The average molecular weight is 276 g/mol.